The molecule has 0 N–H and O–H groups in total. The van der Waals surface area contributed by atoms with Gasteiger partial charge in [0.2, 0.25) is 0 Å². The lowest BCUT2D eigenvalue weighted by atomic mass is 9.68. The van der Waals surface area contributed by atoms with Crippen molar-refractivity contribution < 1.29 is 14.4 Å². The molecule has 0 unspecified atom stereocenters. The number of aryl methyl sites for hydroxylation is 1. The van der Waals surface area contributed by atoms with Crippen LogP contribution in [0.5, 0.6) is 0 Å². The van der Waals surface area contributed by atoms with Crippen LogP contribution in [-0.2, 0) is 11.2 Å². The second kappa shape index (κ2) is 6.77. The zero-order valence-electron chi connectivity index (χ0n) is 13.8. The van der Waals surface area contributed by atoms with Crippen LogP contribution in [0.2, 0.25) is 5.02 Å². The maximum atomic E-state index is 13.0. The zero-order chi connectivity index (χ0) is 18.0. The molecular formula is C21H17ClO3. The maximum Gasteiger partial charge on any atom is 0.185 e. The highest BCUT2D eigenvalue weighted by atomic mass is 35.5. The van der Waals surface area contributed by atoms with Gasteiger partial charge in [0, 0.05) is 16.1 Å². The van der Waals surface area contributed by atoms with Gasteiger partial charge in [-0.15, -0.1) is 0 Å². The molecule has 1 atom stereocenters. The first kappa shape index (κ1) is 17.3. The van der Waals surface area contributed by atoms with Crippen molar-refractivity contribution in [3.05, 3.63) is 82.4 Å². The Morgan fingerprint density at radius 3 is 2.44 bits per heavy atom. The molecule has 3 nitrogen and oxygen atoms in total. The van der Waals surface area contributed by atoms with E-state index in [0.717, 1.165) is 5.56 Å². The molecule has 0 heterocycles. The minimum Gasteiger partial charge on any atom is -0.299 e. The number of benzene rings is 2. The number of rotatable bonds is 4. The lowest BCUT2D eigenvalue weighted by molar-refractivity contribution is -0.122. The summed E-state index contributed by atoms with van der Waals surface area (Å²) < 4.78 is 0. The number of hydrogen-bond acceptors (Lipinski definition) is 3. The standard InChI is InChI=1S/C21H17ClO3/c1-14(23)21(12-10-15-4-2-3-5-18(15)20(21)25)13-11-19(24)16-6-8-17(22)9-7-16/h2-9,11,13H,10,12H2,1H3/b13-11-/t21-/m0/s1. The van der Waals surface area contributed by atoms with E-state index in [9.17, 15) is 14.4 Å². The van der Waals surface area contributed by atoms with Gasteiger partial charge in [0.05, 0.1) is 0 Å². The number of carbonyl (C=O) groups excluding carboxylic acids is 3. The first-order valence-corrected chi connectivity index (χ1v) is 8.45. The van der Waals surface area contributed by atoms with Gasteiger partial charge in [-0.2, -0.15) is 0 Å². The van der Waals surface area contributed by atoms with E-state index in [0.29, 0.717) is 29.0 Å². The first-order valence-electron chi connectivity index (χ1n) is 8.07. The van der Waals surface area contributed by atoms with Crippen molar-refractivity contribution >= 4 is 29.0 Å². The molecule has 0 saturated carbocycles. The summed E-state index contributed by atoms with van der Waals surface area (Å²) in [5.41, 5.74) is 0.702. The number of carbonyl (C=O) groups is 3. The van der Waals surface area contributed by atoms with E-state index < -0.39 is 5.41 Å². The summed E-state index contributed by atoms with van der Waals surface area (Å²) in [6, 6.07) is 13.8. The quantitative estimate of drug-likeness (QED) is 0.463. The second-order valence-corrected chi connectivity index (χ2v) is 6.65. The summed E-state index contributed by atoms with van der Waals surface area (Å²) in [5, 5.41) is 0.541. The van der Waals surface area contributed by atoms with Crippen LogP contribution >= 0.6 is 11.6 Å². The van der Waals surface area contributed by atoms with Crippen molar-refractivity contribution in [2.75, 3.05) is 0 Å². The van der Waals surface area contributed by atoms with Crippen LogP contribution in [-0.4, -0.2) is 17.3 Å². The molecule has 4 heteroatoms. The highest BCUT2D eigenvalue weighted by Gasteiger charge is 2.44. The lowest BCUT2D eigenvalue weighted by Gasteiger charge is -2.31. The van der Waals surface area contributed by atoms with Crippen LogP contribution in [0.1, 0.15) is 39.6 Å². The van der Waals surface area contributed by atoms with E-state index in [2.05, 4.69) is 0 Å². The van der Waals surface area contributed by atoms with E-state index >= 15 is 0 Å². The minimum absolute atomic E-state index is 0.234. The molecule has 0 amide bonds. The molecule has 0 aromatic heterocycles. The minimum atomic E-state index is -1.27. The van der Waals surface area contributed by atoms with E-state index in [1.165, 1.54) is 19.1 Å². The lowest BCUT2D eigenvalue weighted by Crippen LogP contribution is -2.40. The number of ketones is 3. The van der Waals surface area contributed by atoms with Gasteiger partial charge in [-0.1, -0.05) is 41.9 Å². The Morgan fingerprint density at radius 2 is 1.76 bits per heavy atom. The molecule has 2 aromatic rings. The summed E-state index contributed by atoms with van der Waals surface area (Å²) >= 11 is 5.83. The Hall–Kier alpha value is -2.52. The predicted molar refractivity (Wildman–Crippen MR) is 97.1 cm³/mol. The summed E-state index contributed by atoms with van der Waals surface area (Å²) in [6.07, 6.45) is 3.81. The van der Waals surface area contributed by atoms with Gasteiger partial charge in [0.25, 0.3) is 0 Å². The fourth-order valence-corrected chi connectivity index (χ4v) is 3.31. The monoisotopic (exact) mass is 352 g/mol. The van der Waals surface area contributed by atoms with Crippen molar-refractivity contribution in [3.63, 3.8) is 0 Å². The molecule has 25 heavy (non-hydrogen) atoms. The zero-order valence-corrected chi connectivity index (χ0v) is 14.5. The second-order valence-electron chi connectivity index (χ2n) is 6.22. The third kappa shape index (κ3) is 3.20. The third-order valence-electron chi connectivity index (χ3n) is 4.73. The highest BCUT2D eigenvalue weighted by molar-refractivity contribution is 6.30. The molecular weight excluding hydrogens is 336 g/mol. The average molecular weight is 353 g/mol. The first-order chi connectivity index (χ1) is 11.9. The summed E-state index contributed by atoms with van der Waals surface area (Å²) in [4.78, 5) is 37.7. The molecule has 2 aromatic carbocycles. The fraction of sp³-hybridized carbons (Fsp3) is 0.190. The Bertz CT molecular complexity index is 880. The van der Waals surface area contributed by atoms with Crippen LogP contribution in [0.3, 0.4) is 0 Å². The van der Waals surface area contributed by atoms with E-state index in [-0.39, 0.29) is 17.3 Å². The number of Topliss-reactive ketones (excluding diaryl/α,β-unsaturated/α-hetero) is 2. The van der Waals surface area contributed by atoms with Crippen LogP contribution in [0.4, 0.5) is 0 Å². The summed E-state index contributed by atoms with van der Waals surface area (Å²) in [5.74, 6) is -0.738. The predicted octanol–water partition coefficient (Wildman–Crippen LogP) is 4.48. The van der Waals surface area contributed by atoms with Crippen LogP contribution in [0.15, 0.2) is 60.7 Å². The average Bonchev–Trinajstić information content (AvgIpc) is 2.62. The molecule has 3 rings (SSSR count). The van der Waals surface area contributed by atoms with Crippen molar-refractivity contribution in [2.45, 2.75) is 19.8 Å². The number of allylic oxidation sites excluding steroid dienone is 2. The van der Waals surface area contributed by atoms with Gasteiger partial charge in [-0.25, -0.2) is 0 Å². The molecule has 0 radical (unpaired) electrons. The normalized spacial score (nSPS) is 19.7. The SMILES string of the molecule is CC(=O)[C@@]1(/C=C\C(=O)c2ccc(Cl)cc2)CCc2ccccc2C1=O. The number of hydrogen-bond donors (Lipinski definition) is 0. The van der Waals surface area contributed by atoms with Gasteiger partial charge in [0.1, 0.15) is 11.2 Å². The molecule has 0 bridgehead atoms. The smallest absolute Gasteiger partial charge is 0.185 e. The molecule has 1 aliphatic rings. The number of halogens is 1. The van der Waals surface area contributed by atoms with Crippen LogP contribution < -0.4 is 0 Å². The molecule has 126 valence electrons. The van der Waals surface area contributed by atoms with Gasteiger partial charge in [-0.05, 0) is 55.7 Å². The van der Waals surface area contributed by atoms with Crippen molar-refractivity contribution in [1.29, 1.82) is 0 Å². The van der Waals surface area contributed by atoms with Gasteiger partial charge in [-0.3, -0.25) is 14.4 Å². The van der Waals surface area contributed by atoms with Crippen LogP contribution in [0, 0.1) is 5.41 Å². The highest BCUT2D eigenvalue weighted by Crippen LogP contribution is 2.37. The molecule has 0 spiro atoms. The summed E-state index contributed by atoms with van der Waals surface area (Å²) in [7, 11) is 0. The Kier molecular flexibility index (Phi) is 4.69. The molecule has 0 fully saturated rings. The maximum absolute atomic E-state index is 13.0. The Morgan fingerprint density at radius 1 is 1.08 bits per heavy atom. The van der Waals surface area contributed by atoms with Gasteiger partial charge in [0.15, 0.2) is 11.6 Å². The van der Waals surface area contributed by atoms with E-state index in [1.54, 1.807) is 36.4 Å². The van der Waals surface area contributed by atoms with Gasteiger partial charge >= 0.3 is 0 Å². The third-order valence-corrected chi connectivity index (χ3v) is 4.98. The van der Waals surface area contributed by atoms with Crippen LogP contribution in [0.25, 0.3) is 0 Å². The topological polar surface area (TPSA) is 51.2 Å². The number of fused-ring (bicyclic) bond motifs is 1. The Balaban J connectivity index is 1.94. The molecule has 0 aliphatic heterocycles. The Labute approximate surface area is 151 Å². The van der Waals surface area contributed by atoms with Crippen molar-refractivity contribution in [1.82, 2.24) is 0 Å². The van der Waals surface area contributed by atoms with Gasteiger partial charge < -0.3 is 0 Å². The van der Waals surface area contributed by atoms with E-state index in [4.69, 9.17) is 11.6 Å². The fourth-order valence-electron chi connectivity index (χ4n) is 3.19. The summed E-state index contributed by atoms with van der Waals surface area (Å²) in [6.45, 7) is 1.41. The van der Waals surface area contributed by atoms with E-state index in [1.807, 2.05) is 12.1 Å². The van der Waals surface area contributed by atoms with Crippen molar-refractivity contribution in [3.8, 4) is 0 Å². The largest absolute Gasteiger partial charge is 0.299 e. The molecule has 0 saturated heterocycles. The van der Waals surface area contributed by atoms with Crippen molar-refractivity contribution in [2.24, 2.45) is 5.41 Å². The molecule has 1 aliphatic carbocycles.